The van der Waals surface area contributed by atoms with Gasteiger partial charge in [0.2, 0.25) is 6.04 Å². The zero-order chi connectivity index (χ0) is 21.5. The molecule has 1 aliphatic carbocycles. The van der Waals surface area contributed by atoms with Gasteiger partial charge in [-0.15, -0.1) is 0 Å². The molecule has 0 saturated heterocycles. The van der Waals surface area contributed by atoms with Crippen LogP contribution < -0.4 is 0 Å². The highest BCUT2D eigenvalue weighted by atomic mass is 16.7. The summed E-state index contributed by atoms with van der Waals surface area (Å²) >= 11 is 0. The average molecular weight is 401 g/mol. The van der Waals surface area contributed by atoms with Crippen molar-refractivity contribution in [1.82, 2.24) is 0 Å². The molecule has 0 N–H and O–H groups in total. The van der Waals surface area contributed by atoms with Gasteiger partial charge < -0.3 is 18.9 Å². The normalized spacial score (nSPS) is 24.5. The van der Waals surface area contributed by atoms with Crippen LogP contribution in [0.5, 0.6) is 0 Å². The van der Waals surface area contributed by atoms with Crippen molar-refractivity contribution < 1.29 is 38.3 Å². The van der Waals surface area contributed by atoms with Gasteiger partial charge in [0.25, 0.3) is 0 Å². The summed E-state index contributed by atoms with van der Waals surface area (Å²) in [6, 6.07) is -1.70. The molecule has 10 nitrogen and oxygen atoms in total. The Morgan fingerprint density at radius 2 is 1.79 bits per heavy atom. The van der Waals surface area contributed by atoms with E-state index in [1.807, 2.05) is 0 Å². The molecule has 0 radical (unpaired) electrons. The minimum Gasteiger partial charge on any atom is -0.468 e. The van der Waals surface area contributed by atoms with Crippen LogP contribution >= 0.6 is 0 Å². The molecule has 10 heteroatoms. The maximum Gasteiger partial charge on any atom is 0.320 e. The van der Waals surface area contributed by atoms with Gasteiger partial charge in [0, 0.05) is 18.1 Å². The Bertz CT molecular complexity index is 639. The number of carbonyl (C=O) groups is 3. The van der Waals surface area contributed by atoms with E-state index in [1.54, 1.807) is 20.8 Å². The Kier molecular flexibility index (Phi) is 8.25. The highest BCUT2D eigenvalue weighted by molar-refractivity contribution is 6.10. The van der Waals surface area contributed by atoms with Gasteiger partial charge >= 0.3 is 11.9 Å². The molecule has 0 aliphatic heterocycles. The minimum atomic E-state index is -2.00. The van der Waals surface area contributed by atoms with E-state index in [0.29, 0.717) is 0 Å². The second kappa shape index (κ2) is 9.74. The summed E-state index contributed by atoms with van der Waals surface area (Å²) in [4.78, 5) is 48.6. The number of ether oxygens (including phenoxy) is 4. The van der Waals surface area contributed by atoms with Crippen LogP contribution in [0.3, 0.4) is 0 Å². The van der Waals surface area contributed by atoms with Gasteiger partial charge in [-0.3, -0.25) is 24.5 Å². The lowest BCUT2D eigenvalue weighted by atomic mass is 9.62. The Morgan fingerprint density at radius 1 is 1.21 bits per heavy atom. The predicted molar refractivity (Wildman–Crippen MR) is 95.8 cm³/mol. The second-order valence-corrected chi connectivity index (χ2v) is 6.32. The van der Waals surface area contributed by atoms with Gasteiger partial charge in [0.15, 0.2) is 11.6 Å². The van der Waals surface area contributed by atoms with Crippen molar-refractivity contribution in [2.75, 3.05) is 26.9 Å². The third kappa shape index (κ3) is 4.39. The fourth-order valence-corrected chi connectivity index (χ4v) is 3.59. The third-order valence-electron chi connectivity index (χ3n) is 4.72. The summed E-state index contributed by atoms with van der Waals surface area (Å²) in [6.45, 7) is 6.28. The number of nitro groups is 1. The molecule has 3 atom stereocenters. The highest BCUT2D eigenvalue weighted by Gasteiger charge is 2.66. The molecule has 1 rings (SSSR count). The zero-order valence-corrected chi connectivity index (χ0v) is 16.8. The Morgan fingerprint density at radius 3 is 2.21 bits per heavy atom. The first-order valence-electron chi connectivity index (χ1n) is 9.03. The van der Waals surface area contributed by atoms with Crippen LogP contribution in [0.25, 0.3) is 0 Å². The fraction of sp³-hybridized carbons (Fsp3) is 0.722. The van der Waals surface area contributed by atoms with Crippen LogP contribution in [-0.2, 0) is 33.3 Å². The summed E-state index contributed by atoms with van der Waals surface area (Å²) in [7, 11) is 1.08. The average Bonchev–Trinajstić information content (AvgIpc) is 2.64. The van der Waals surface area contributed by atoms with E-state index in [1.165, 1.54) is 13.0 Å². The Labute approximate surface area is 163 Å². The van der Waals surface area contributed by atoms with Crippen LogP contribution in [0, 0.1) is 21.4 Å². The van der Waals surface area contributed by atoms with Crippen LogP contribution in [-0.4, -0.2) is 61.4 Å². The van der Waals surface area contributed by atoms with E-state index in [4.69, 9.17) is 18.9 Å². The number of hydrogen-bond donors (Lipinski definition) is 0. The first-order chi connectivity index (χ1) is 13.1. The second-order valence-electron chi connectivity index (χ2n) is 6.32. The van der Waals surface area contributed by atoms with Crippen molar-refractivity contribution in [2.24, 2.45) is 11.3 Å². The molecule has 0 aromatic rings. The van der Waals surface area contributed by atoms with Gasteiger partial charge in [-0.1, -0.05) is 0 Å². The number of hydrogen-bond acceptors (Lipinski definition) is 9. The third-order valence-corrected chi connectivity index (χ3v) is 4.72. The van der Waals surface area contributed by atoms with E-state index >= 15 is 0 Å². The van der Waals surface area contributed by atoms with Crippen molar-refractivity contribution in [3.05, 3.63) is 22.3 Å². The molecule has 0 spiro atoms. The minimum absolute atomic E-state index is 0.0309. The molecule has 0 heterocycles. The summed E-state index contributed by atoms with van der Waals surface area (Å²) < 4.78 is 21.0. The molecule has 0 unspecified atom stereocenters. The lowest BCUT2D eigenvalue weighted by Gasteiger charge is -2.47. The molecule has 0 aromatic heterocycles. The highest BCUT2D eigenvalue weighted by Crippen LogP contribution is 2.48. The van der Waals surface area contributed by atoms with Crippen LogP contribution in [0.15, 0.2) is 12.2 Å². The summed E-state index contributed by atoms with van der Waals surface area (Å²) in [5, 5.41) is 11.9. The summed E-state index contributed by atoms with van der Waals surface area (Å²) in [5.41, 5.74) is -2.00. The standard InChI is InChI=1S/C18H27NO9/c1-6-26-14(21)11-12(19(23)24)15-17(4,16(22)25-5)13(20)9-10-18(15,27-7-2)28-8-3/h9-10,12,15H,6-8,11H2,1-5H3/t12-,15-,17-/m1/s1. The zero-order valence-electron chi connectivity index (χ0n) is 16.8. The Hall–Kier alpha value is -2.33. The maximum atomic E-state index is 12.7. The summed E-state index contributed by atoms with van der Waals surface area (Å²) in [6.07, 6.45) is 1.70. The first kappa shape index (κ1) is 23.7. The van der Waals surface area contributed by atoms with E-state index in [2.05, 4.69) is 0 Å². The topological polar surface area (TPSA) is 131 Å². The molecule has 0 fully saturated rings. The largest absolute Gasteiger partial charge is 0.468 e. The van der Waals surface area contributed by atoms with Gasteiger partial charge in [0.05, 0.1) is 13.7 Å². The molecule has 0 saturated carbocycles. The number of esters is 2. The number of methoxy groups -OCH3 is 1. The van der Waals surface area contributed by atoms with Crippen molar-refractivity contribution in [2.45, 2.75) is 45.9 Å². The lowest BCUT2D eigenvalue weighted by Crippen LogP contribution is -2.63. The summed E-state index contributed by atoms with van der Waals surface area (Å²) in [5.74, 6) is -5.75. The molecule has 0 bridgehead atoms. The number of allylic oxidation sites excluding steroid dienone is 1. The van der Waals surface area contributed by atoms with Crippen molar-refractivity contribution >= 4 is 17.7 Å². The smallest absolute Gasteiger partial charge is 0.320 e. The van der Waals surface area contributed by atoms with E-state index in [0.717, 1.165) is 13.2 Å². The molecular formula is C18H27NO9. The van der Waals surface area contributed by atoms with Crippen LogP contribution in [0.1, 0.15) is 34.1 Å². The van der Waals surface area contributed by atoms with Gasteiger partial charge in [0.1, 0.15) is 17.8 Å². The molecule has 28 heavy (non-hydrogen) atoms. The quantitative estimate of drug-likeness (QED) is 0.175. The maximum absolute atomic E-state index is 12.7. The fourth-order valence-electron chi connectivity index (χ4n) is 3.59. The lowest BCUT2D eigenvalue weighted by molar-refractivity contribution is -0.544. The van der Waals surface area contributed by atoms with E-state index < -0.39 is 52.2 Å². The molecule has 0 amide bonds. The monoisotopic (exact) mass is 401 g/mol. The number of carbonyl (C=O) groups excluding carboxylic acids is 3. The molecular weight excluding hydrogens is 374 g/mol. The number of ketones is 1. The van der Waals surface area contributed by atoms with Crippen molar-refractivity contribution in [3.63, 3.8) is 0 Å². The van der Waals surface area contributed by atoms with Gasteiger partial charge in [-0.05, 0) is 39.8 Å². The SMILES string of the molecule is CCOC(=O)C[C@H]([C@H]1C(OCC)(OCC)C=CC(=O)[C@@]1(C)C(=O)OC)[N+](=O)[O-]. The molecule has 158 valence electrons. The van der Waals surface area contributed by atoms with E-state index in [9.17, 15) is 24.5 Å². The van der Waals surface area contributed by atoms with Gasteiger partial charge in [-0.2, -0.15) is 0 Å². The van der Waals surface area contributed by atoms with Crippen LogP contribution in [0.4, 0.5) is 0 Å². The van der Waals surface area contributed by atoms with Crippen molar-refractivity contribution in [1.29, 1.82) is 0 Å². The predicted octanol–water partition coefficient (Wildman–Crippen LogP) is 1.29. The number of rotatable bonds is 10. The van der Waals surface area contributed by atoms with Gasteiger partial charge in [-0.25, -0.2) is 0 Å². The Balaban J connectivity index is 3.70. The molecule has 0 aromatic carbocycles. The van der Waals surface area contributed by atoms with Crippen LogP contribution in [0.2, 0.25) is 0 Å². The first-order valence-corrected chi connectivity index (χ1v) is 9.03. The van der Waals surface area contributed by atoms with Crippen molar-refractivity contribution in [3.8, 4) is 0 Å². The van der Waals surface area contributed by atoms with E-state index in [-0.39, 0.29) is 19.8 Å². The molecule has 1 aliphatic rings. The number of nitrogens with zero attached hydrogens (tertiary/aromatic N) is 1.